The minimum atomic E-state index is 0.372. The monoisotopic (exact) mass is 195 g/mol. The molecule has 0 amide bonds. The molecule has 78 valence electrons. The maximum atomic E-state index is 5.23. The van der Waals surface area contributed by atoms with Gasteiger partial charge in [0.05, 0.1) is 18.6 Å². The Hall–Kier alpha value is -0.800. The lowest BCUT2D eigenvalue weighted by Gasteiger charge is -2.36. The van der Waals surface area contributed by atoms with Crippen molar-refractivity contribution >= 4 is 0 Å². The van der Waals surface area contributed by atoms with Gasteiger partial charge in [-0.25, -0.2) is 0 Å². The summed E-state index contributed by atoms with van der Waals surface area (Å²) >= 11 is 0. The van der Waals surface area contributed by atoms with E-state index >= 15 is 0 Å². The SMILES string of the molecule is COC1CC(NC(C)c2ccoc2)C1. The van der Waals surface area contributed by atoms with Crippen LogP contribution in [0.15, 0.2) is 23.0 Å². The summed E-state index contributed by atoms with van der Waals surface area (Å²) in [4.78, 5) is 0. The van der Waals surface area contributed by atoms with Gasteiger partial charge in [-0.3, -0.25) is 0 Å². The van der Waals surface area contributed by atoms with Gasteiger partial charge in [-0.15, -0.1) is 0 Å². The summed E-state index contributed by atoms with van der Waals surface area (Å²) in [6.45, 7) is 2.16. The highest BCUT2D eigenvalue weighted by Gasteiger charge is 2.29. The van der Waals surface area contributed by atoms with Gasteiger partial charge in [0.2, 0.25) is 0 Å². The molecule has 0 radical (unpaired) electrons. The summed E-state index contributed by atoms with van der Waals surface area (Å²) in [6.07, 6.45) is 6.22. The van der Waals surface area contributed by atoms with Crippen molar-refractivity contribution in [3.63, 3.8) is 0 Å². The number of nitrogens with one attached hydrogen (secondary N) is 1. The molecule has 3 heteroatoms. The van der Waals surface area contributed by atoms with Crippen LogP contribution in [0.3, 0.4) is 0 Å². The lowest BCUT2D eigenvalue weighted by Crippen LogP contribution is -2.45. The van der Waals surface area contributed by atoms with Gasteiger partial charge >= 0.3 is 0 Å². The molecule has 1 atom stereocenters. The molecule has 1 N–H and O–H groups in total. The van der Waals surface area contributed by atoms with Crippen molar-refractivity contribution in [3.05, 3.63) is 24.2 Å². The van der Waals surface area contributed by atoms with Gasteiger partial charge in [0.1, 0.15) is 0 Å². The third-order valence-corrected chi connectivity index (χ3v) is 2.96. The molecule has 1 heterocycles. The fourth-order valence-electron chi connectivity index (χ4n) is 1.87. The van der Waals surface area contributed by atoms with Gasteiger partial charge in [-0.2, -0.15) is 0 Å². The molecular formula is C11H17NO2. The molecular weight excluding hydrogens is 178 g/mol. The highest BCUT2D eigenvalue weighted by Crippen LogP contribution is 2.25. The van der Waals surface area contributed by atoms with Gasteiger partial charge < -0.3 is 14.5 Å². The Labute approximate surface area is 84.4 Å². The second-order valence-corrected chi connectivity index (χ2v) is 3.97. The average Bonchev–Trinajstić information content (AvgIpc) is 2.62. The zero-order chi connectivity index (χ0) is 9.97. The number of rotatable bonds is 4. The van der Waals surface area contributed by atoms with Crippen LogP contribution >= 0.6 is 0 Å². The fourth-order valence-corrected chi connectivity index (χ4v) is 1.87. The largest absolute Gasteiger partial charge is 0.472 e. The first-order chi connectivity index (χ1) is 6.79. The molecule has 1 aromatic rings. The van der Waals surface area contributed by atoms with Crippen molar-refractivity contribution in [1.82, 2.24) is 5.32 Å². The first-order valence-corrected chi connectivity index (χ1v) is 5.10. The van der Waals surface area contributed by atoms with Crippen LogP contribution < -0.4 is 5.32 Å². The zero-order valence-electron chi connectivity index (χ0n) is 8.69. The van der Waals surface area contributed by atoms with Crippen LogP contribution in [0, 0.1) is 0 Å². The Morgan fingerprint density at radius 1 is 1.57 bits per heavy atom. The van der Waals surface area contributed by atoms with Crippen LogP contribution in [0.1, 0.15) is 31.4 Å². The van der Waals surface area contributed by atoms with Gasteiger partial charge in [0.25, 0.3) is 0 Å². The van der Waals surface area contributed by atoms with Crippen LogP contribution in [0.2, 0.25) is 0 Å². The predicted octanol–water partition coefficient (Wildman–Crippen LogP) is 2.11. The first kappa shape index (κ1) is 9.74. The van der Waals surface area contributed by atoms with E-state index in [1.165, 1.54) is 5.56 Å². The first-order valence-electron chi connectivity index (χ1n) is 5.10. The molecule has 0 bridgehead atoms. The van der Waals surface area contributed by atoms with Gasteiger partial charge in [0, 0.05) is 24.8 Å². The third kappa shape index (κ3) is 1.99. The smallest absolute Gasteiger partial charge is 0.0950 e. The molecule has 1 aliphatic carbocycles. The normalized spacial score (nSPS) is 28.4. The molecule has 0 saturated heterocycles. The quantitative estimate of drug-likeness (QED) is 0.799. The molecule has 2 rings (SSSR count). The molecule has 1 fully saturated rings. The summed E-state index contributed by atoms with van der Waals surface area (Å²) in [5.74, 6) is 0. The zero-order valence-corrected chi connectivity index (χ0v) is 8.69. The van der Waals surface area contributed by atoms with E-state index in [2.05, 4.69) is 12.2 Å². The average molecular weight is 195 g/mol. The van der Waals surface area contributed by atoms with Gasteiger partial charge in [-0.1, -0.05) is 0 Å². The van der Waals surface area contributed by atoms with Crippen LogP contribution in [-0.2, 0) is 4.74 Å². The van der Waals surface area contributed by atoms with E-state index in [0.717, 1.165) is 12.8 Å². The number of furan rings is 1. The number of ether oxygens (including phenoxy) is 1. The summed E-state index contributed by atoms with van der Waals surface area (Å²) in [6, 6.07) is 2.98. The van der Waals surface area contributed by atoms with E-state index in [9.17, 15) is 0 Å². The van der Waals surface area contributed by atoms with E-state index in [0.29, 0.717) is 18.2 Å². The maximum Gasteiger partial charge on any atom is 0.0950 e. The van der Waals surface area contributed by atoms with E-state index in [4.69, 9.17) is 9.15 Å². The highest BCUT2D eigenvalue weighted by molar-refractivity contribution is 5.11. The number of hydrogen-bond donors (Lipinski definition) is 1. The third-order valence-electron chi connectivity index (χ3n) is 2.96. The number of methoxy groups -OCH3 is 1. The van der Waals surface area contributed by atoms with Gasteiger partial charge in [-0.05, 0) is 25.8 Å². The number of hydrogen-bond acceptors (Lipinski definition) is 3. The topological polar surface area (TPSA) is 34.4 Å². The van der Waals surface area contributed by atoms with Crippen molar-refractivity contribution < 1.29 is 9.15 Å². The summed E-state index contributed by atoms with van der Waals surface area (Å²) < 4.78 is 10.3. The molecule has 1 saturated carbocycles. The van der Waals surface area contributed by atoms with Crippen molar-refractivity contribution in [3.8, 4) is 0 Å². The lowest BCUT2D eigenvalue weighted by atomic mass is 9.88. The Morgan fingerprint density at radius 2 is 2.36 bits per heavy atom. The van der Waals surface area contributed by atoms with Crippen LogP contribution in [-0.4, -0.2) is 19.3 Å². The standard InChI is InChI=1S/C11H17NO2/c1-8(9-3-4-14-7-9)12-10-5-11(6-10)13-2/h3-4,7-8,10-12H,5-6H2,1-2H3. The summed E-state index contributed by atoms with van der Waals surface area (Å²) in [7, 11) is 1.78. The van der Waals surface area contributed by atoms with E-state index in [1.54, 1.807) is 19.6 Å². The molecule has 1 aliphatic rings. The van der Waals surface area contributed by atoms with Crippen LogP contribution in [0.25, 0.3) is 0 Å². The molecule has 0 spiro atoms. The summed E-state index contributed by atoms with van der Waals surface area (Å²) in [5, 5.41) is 3.54. The molecule has 0 aromatic carbocycles. The Morgan fingerprint density at radius 3 is 2.93 bits per heavy atom. The lowest BCUT2D eigenvalue weighted by molar-refractivity contribution is 0.0147. The Balaban J connectivity index is 1.77. The highest BCUT2D eigenvalue weighted by atomic mass is 16.5. The maximum absolute atomic E-state index is 5.23. The van der Waals surface area contributed by atoms with E-state index in [-0.39, 0.29) is 0 Å². The molecule has 3 nitrogen and oxygen atoms in total. The van der Waals surface area contributed by atoms with Gasteiger partial charge in [0.15, 0.2) is 0 Å². The minimum Gasteiger partial charge on any atom is -0.472 e. The van der Waals surface area contributed by atoms with Crippen molar-refractivity contribution in [2.45, 2.75) is 38.0 Å². The van der Waals surface area contributed by atoms with Crippen LogP contribution in [0.5, 0.6) is 0 Å². The predicted molar refractivity (Wildman–Crippen MR) is 54.1 cm³/mol. The second-order valence-electron chi connectivity index (χ2n) is 3.97. The van der Waals surface area contributed by atoms with Crippen molar-refractivity contribution in [2.24, 2.45) is 0 Å². The Kier molecular flexibility index (Phi) is 2.89. The molecule has 1 aromatic heterocycles. The second kappa shape index (κ2) is 4.15. The molecule has 14 heavy (non-hydrogen) atoms. The van der Waals surface area contributed by atoms with Crippen molar-refractivity contribution in [2.75, 3.05) is 7.11 Å². The molecule has 1 unspecified atom stereocenters. The van der Waals surface area contributed by atoms with E-state index in [1.807, 2.05) is 6.07 Å². The fraction of sp³-hybridized carbons (Fsp3) is 0.636. The van der Waals surface area contributed by atoms with E-state index < -0.39 is 0 Å². The van der Waals surface area contributed by atoms with Crippen LogP contribution in [0.4, 0.5) is 0 Å². The summed E-state index contributed by atoms with van der Waals surface area (Å²) in [5.41, 5.74) is 1.21. The Bertz CT molecular complexity index is 265. The minimum absolute atomic E-state index is 0.372. The van der Waals surface area contributed by atoms with Crippen molar-refractivity contribution in [1.29, 1.82) is 0 Å². The molecule has 0 aliphatic heterocycles.